The molecule has 6 nitrogen and oxygen atoms in total. The number of benzene rings is 1. The summed E-state index contributed by atoms with van der Waals surface area (Å²) in [6, 6.07) is 5.15. The Hall–Kier alpha value is -2.75. The van der Waals surface area contributed by atoms with E-state index in [0.717, 1.165) is 12.1 Å². The van der Waals surface area contributed by atoms with Crippen LogP contribution in [0.4, 0.5) is 13.2 Å². The van der Waals surface area contributed by atoms with Gasteiger partial charge in [-0.25, -0.2) is 12.8 Å². The highest BCUT2D eigenvalue weighted by Gasteiger charge is 2.46. The molecule has 2 heterocycles. The van der Waals surface area contributed by atoms with Crippen molar-refractivity contribution < 1.29 is 31.2 Å². The van der Waals surface area contributed by atoms with Gasteiger partial charge in [0.05, 0.1) is 11.1 Å². The summed E-state index contributed by atoms with van der Waals surface area (Å²) in [5.41, 5.74) is -1.55. The molecule has 2 aromatic rings. The lowest BCUT2D eigenvalue weighted by Crippen LogP contribution is -2.37. The summed E-state index contributed by atoms with van der Waals surface area (Å²) < 4.78 is 64.1. The predicted molar refractivity (Wildman–Crippen MR) is 68.2 cm³/mol. The monoisotopic (exact) mass is 342 g/mol. The van der Waals surface area contributed by atoms with Crippen LogP contribution in [0.15, 0.2) is 35.2 Å². The van der Waals surface area contributed by atoms with Crippen molar-refractivity contribution in [3.63, 3.8) is 0 Å². The number of hydrogen-bond donors (Lipinski definition) is 0. The van der Waals surface area contributed by atoms with Gasteiger partial charge >= 0.3 is 0 Å². The molecule has 0 unspecified atom stereocenters. The number of rotatable bonds is 1. The molecular formula is C13H5F3N2O4S. The molecule has 0 saturated carbocycles. The topological polar surface area (TPSA) is 84.4 Å². The first-order chi connectivity index (χ1) is 10.7. The van der Waals surface area contributed by atoms with Crippen LogP contribution >= 0.6 is 0 Å². The van der Waals surface area contributed by atoms with Gasteiger partial charge in [-0.2, -0.15) is 18.1 Å². The zero-order chi connectivity index (χ0) is 16.9. The Morgan fingerprint density at radius 2 is 1.78 bits per heavy atom. The van der Waals surface area contributed by atoms with E-state index >= 15 is 0 Å². The Labute approximate surface area is 127 Å². The molecule has 118 valence electrons. The summed E-state index contributed by atoms with van der Waals surface area (Å²) in [5, 5.41) is 0. The maximum atomic E-state index is 13.6. The number of amides is 2. The van der Waals surface area contributed by atoms with Gasteiger partial charge in [-0.05, 0) is 12.1 Å². The van der Waals surface area contributed by atoms with Gasteiger partial charge in [0.15, 0.2) is 5.82 Å². The third-order valence-corrected chi connectivity index (χ3v) is 4.85. The summed E-state index contributed by atoms with van der Waals surface area (Å²) in [5.74, 6) is -8.24. The lowest BCUT2D eigenvalue weighted by Gasteiger charge is -2.13. The van der Waals surface area contributed by atoms with Gasteiger partial charge in [-0.15, -0.1) is 0 Å². The molecule has 10 heteroatoms. The third-order valence-electron chi connectivity index (χ3n) is 3.12. The minimum absolute atomic E-state index is 0.215. The largest absolute Gasteiger partial charge is 0.278 e. The van der Waals surface area contributed by atoms with E-state index in [1.54, 1.807) is 0 Å². The van der Waals surface area contributed by atoms with Crippen molar-refractivity contribution in [2.45, 2.75) is 4.90 Å². The normalized spacial score (nSPS) is 15.6. The Bertz CT molecular complexity index is 975. The van der Waals surface area contributed by atoms with E-state index in [-0.39, 0.29) is 15.9 Å². The number of carbonyl (C=O) groups excluding carboxylic acids is 2. The van der Waals surface area contributed by atoms with E-state index in [4.69, 9.17) is 0 Å². The van der Waals surface area contributed by atoms with Gasteiger partial charge in [-0.1, -0.05) is 12.1 Å². The fraction of sp³-hybridized carbons (Fsp3) is 0. The maximum Gasteiger partial charge on any atom is 0.278 e. The Morgan fingerprint density at radius 3 is 2.43 bits per heavy atom. The molecule has 0 saturated heterocycles. The summed E-state index contributed by atoms with van der Waals surface area (Å²) >= 11 is 0. The quantitative estimate of drug-likeness (QED) is 0.579. The molecule has 0 radical (unpaired) electrons. The Balaban J connectivity index is 2.18. The second-order valence-corrected chi connectivity index (χ2v) is 6.23. The molecule has 23 heavy (non-hydrogen) atoms. The van der Waals surface area contributed by atoms with Crippen molar-refractivity contribution in [3.8, 4) is 0 Å². The van der Waals surface area contributed by atoms with Crippen LogP contribution in [-0.2, 0) is 10.0 Å². The molecule has 1 aromatic carbocycles. The number of aromatic nitrogens is 1. The number of pyridine rings is 1. The van der Waals surface area contributed by atoms with Crippen LogP contribution in [-0.4, -0.2) is 29.5 Å². The molecule has 1 aliphatic heterocycles. The summed E-state index contributed by atoms with van der Waals surface area (Å²) in [6.07, 6.45) is 0. The van der Waals surface area contributed by atoms with Crippen molar-refractivity contribution in [3.05, 3.63) is 59.2 Å². The van der Waals surface area contributed by atoms with E-state index in [9.17, 15) is 31.2 Å². The molecule has 0 atom stereocenters. The molecule has 0 aliphatic carbocycles. The molecule has 2 amide bonds. The van der Waals surface area contributed by atoms with Crippen LogP contribution in [0.5, 0.6) is 0 Å². The number of fused-ring (bicyclic) bond motifs is 1. The molecule has 0 bridgehead atoms. The second-order valence-electron chi connectivity index (χ2n) is 4.47. The van der Waals surface area contributed by atoms with Crippen LogP contribution in [0.2, 0.25) is 0 Å². The molecule has 1 aromatic heterocycles. The number of carbonyl (C=O) groups is 2. The van der Waals surface area contributed by atoms with Crippen molar-refractivity contribution in [1.82, 2.24) is 9.29 Å². The zero-order valence-corrected chi connectivity index (χ0v) is 11.8. The van der Waals surface area contributed by atoms with E-state index in [1.165, 1.54) is 12.1 Å². The fourth-order valence-electron chi connectivity index (χ4n) is 2.12. The second kappa shape index (κ2) is 4.88. The van der Waals surface area contributed by atoms with Gasteiger partial charge in [0.1, 0.15) is 4.90 Å². The van der Waals surface area contributed by atoms with Gasteiger partial charge in [-0.3, -0.25) is 9.59 Å². The van der Waals surface area contributed by atoms with Crippen molar-refractivity contribution in [1.29, 1.82) is 0 Å². The highest BCUT2D eigenvalue weighted by molar-refractivity contribution is 7.90. The SMILES string of the molecule is O=C1c2ccccc2S(=O)(=O)N1C(=O)c1cc(F)nc(F)c1F. The fourth-order valence-corrected chi connectivity index (χ4v) is 3.63. The van der Waals surface area contributed by atoms with E-state index in [1.807, 2.05) is 0 Å². The predicted octanol–water partition coefficient (Wildman–Crippen LogP) is 1.48. The summed E-state index contributed by atoms with van der Waals surface area (Å²) in [4.78, 5) is 26.4. The smallest absolute Gasteiger partial charge is 0.267 e. The molecule has 1 aliphatic rings. The van der Waals surface area contributed by atoms with Crippen LogP contribution in [0.1, 0.15) is 20.7 Å². The molecule has 3 rings (SSSR count). The van der Waals surface area contributed by atoms with Crippen LogP contribution < -0.4 is 0 Å². The standard InChI is InChI=1S/C13H5F3N2O4S/c14-9-5-7(10(15)11(16)17-9)13(20)18-12(19)6-3-1-2-4-8(6)23(18,21)22/h1-5H. The average Bonchev–Trinajstić information content (AvgIpc) is 2.70. The van der Waals surface area contributed by atoms with E-state index in [0.29, 0.717) is 0 Å². The molecule has 0 N–H and O–H groups in total. The van der Waals surface area contributed by atoms with Gasteiger partial charge in [0.25, 0.3) is 27.8 Å². The summed E-state index contributed by atoms with van der Waals surface area (Å²) in [7, 11) is -4.58. The van der Waals surface area contributed by atoms with Gasteiger partial charge in [0.2, 0.25) is 5.95 Å². The third kappa shape index (κ3) is 2.10. The Morgan fingerprint density at radius 1 is 1.13 bits per heavy atom. The number of hydrogen-bond acceptors (Lipinski definition) is 5. The van der Waals surface area contributed by atoms with Crippen LogP contribution in [0, 0.1) is 17.7 Å². The van der Waals surface area contributed by atoms with Crippen LogP contribution in [0.25, 0.3) is 0 Å². The highest BCUT2D eigenvalue weighted by Crippen LogP contribution is 2.31. The van der Waals surface area contributed by atoms with Crippen LogP contribution in [0.3, 0.4) is 0 Å². The highest BCUT2D eigenvalue weighted by atomic mass is 32.2. The lowest BCUT2D eigenvalue weighted by molar-refractivity contribution is 0.0735. The first kappa shape index (κ1) is 15.2. The van der Waals surface area contributed by atoms with Crippen molar-refractivity contribution >= 4 is 21.8 Å². The lowest BCUT2D eigenvalue weighted by atomic mass is 10.2. The van der Waals surface area contributed by atoms with E-state index in [2.05, 4.69) is 4.98 Å². The first-order valence-corrected chi connectivity index (χ1v) is 7.43. The first-order valence-electron chi connectivity index (χ1n) is 5.99. The van der Waals surface area contributed by atoms with E-state index < -0.39 is 50.0 Å². The minimum atomic E-state index is -4.58. The molecule has 0 fully saturated rings. The molecular weight excluding hydrogens is 337 g/mol. The van der Waals surface area contributed by atoms with Crippen molar-refractivity contribution in [2.75, 3.05) is 0 Å². The number of imide groups is 1. The minimum Gasteiger partial charge on any atom is -0.267 e. The Kier molecular flexibility index (Phi) is 3.22. The number of sulfonamides is 1. The maximum absolute atomic E-state index is 13.6. The van der Waals surface area contributed by atoms with Crippen molar-refractivity contribution in [2.24, 2.45) is 0 Å². The molecule has 0 spiro atoms. The number of halogens is 3. The average molecular weight is 342 g/mol. The summed E-state index contributed by atoms with van der Waals surface area (Å²) in [6.45, 7) is 0. The van der Waals surface area contributed by atoms with Gasteiger partial charge < -0.3 is 0 Å². The number of nitrogens with zero attached hydrogens (tertiary/aromatic N) is 2. The zero-order valence-electron chi connectivity index (χ0n) is 11.0. The van der Waals surface area contributed by atoms with Gasteiger partial charge in [0, 0.05) is 6.07 Å².